The van der Waals surface area contributed by atoms with Crippen LogP contribution in [-0.4, -0.2) is 18.9 Å². The van der Waals surface area contributed by atoms with Crippen LogP contribution in [0.2, 0.25) is 0 Å². The van der Waals surface area contributed by atoms with E-state index >= 15 is 0 Å². The minimum atomic E-state index is -0.343. The summed E-state index contributed by atoms with van der Waals surface area (Å²) < 4.78 is 5.11. The summed E-state index contributed by atoms with van der Waals surface area (Å²) in [7, 11) is 1.61. The maximum atomic E-state index is 12.3. The van der Waals surface area contributed by atoms with E-state index in [0.717, 1.165) is 11.3 Å². The second-order valence-electron chi connectivity index (χ2n) is 5.99. The van der Waals surface area contributed by atoms with Crippen LogP contribution in [-0.2, 0) is 0 Å². The number of nitrogens with one attached hydrogen (secondary N) is 2. The Morgan fingerprint density at radius 3 is 2.00 bits per heavy atom. The van der Waals surface area contributed by atoms with Crippen LogP contribution in [0.25, 0.3) is 6.08 Å². The fourth-order valence-electron chi connectivity index (χ4n) is 2.52. The minimum absolute atomic E-state index is 0.115. The number of urea groups is 1. The highest BCUT2D eigenvalue weighted by molar-refractivity contribution is 6.07. The van der Waals surface area contributed by atoms with Gasteiger partial charge in [0, 0.05) is 16.9 Å². The minimum Gasteiger partial charge on any atom is -0.497 e. The standard InChI is InChI=1S/C23H20N2O3/c1-28-21-14-7-17(8-15-21)9-16-22(26)18-10-12-20(13-11-18)25-23(27)24-19-5-3-2-4-6-19/h2-16H,1H3,(H2,24,25,27)/b16-9+. The summed E-state index contributed by atoms with van der Waals surface area (Å²) in [5.74, 6) is 0.652. The topological polar surface area (TPSA) is 67.4 Å². The molecule has 5 heteroatoms. The Morgan fingerprint density at radius 1 is 0.786 bits per heavy atom. The van der Waals surface area contributed by atoms with Crippen molar-refractivity contribution < 1.29 is 14.3 Å². The lowest BCUT2D eigenvalue weighted by molar-refractivity contribution is 0.104. The van der Waals surface area contributed by atoms with E-state index in [9.17, 15) is 9.59 Å². The van der Waals surface area contributed by atoms with Crippen molar-refractivity contribution in [3.8, 4) is 5.75 Å². The molecule has 0 heterocycles. The molecule has 3 aromatic carbocycles. The van der Waals surface area contributed by atoms with Crippen molar-refractivity contribution in [3.63, 3.8) is 0 Å². The lowest BCUT2D eigenvalue weighted by atomic mass is 10.1. The van der Waals surface area contributed by atoms with Crippen LogP contribution in [0.3, 0.4) is 0 Å². The normalized spacial score (nSPS) is 10.5. The molecule has 2 amide bonds. The van der Waals surface area contributed by atoms with Gasteiger partial charge in [-0.1, -0.05) is 36.4 Å². The van der Waals surface area contributed by atoms with Crippen molar-refractivity contribution in [2.75, 3.05) is 17.7 Å². The number of methoxy groups -OCH3 is 1. The van der Waals surface area contributed by atoms with E-state index in [1.165, 1.54) is 6.08 Å². The number of carbonyl (C=O) groups is 2. The van der Waals surface area contributed by atoms with E-state index in [4.69, 9.17) is 4.74 Å². The molecule has 0 aliphatic carbocycles. The van der Waals surface area contributed by atoms with Gasteiger partial charge in [0.05, 0.1) is 7.11 Å². The second-order valence-corrected chi connectivity index (χ2v) is 5.99. The van der Waals surface area contributed by atoms with Gasteiger partial charge < -0.3 is 15.4 Å². The van der Waals surface area contributed by atoms with E-state index in [0.29, 0.717) is 16.9 Å². The van der Waals surface area contributed by atoms with Crippen molar-refractivity contribution in [1.29, 1.82) is 0 Å². The average Bonchev–Trinajstić information content (AvgIpc) is 2.73. The Hall–Kier alpha value is -3.86. The molecule has 0 aliphatic heterocycles. The summed E-state index contributed by atoms with van der Waals surface area (Å²) in [6.07, 6.45) is 3.27. The Kier molecular flexibility index (Phi) is 6.21. The number of amides is 2. The first-order valence-corrected chi connectivity index (χ1v) is 8.73. The maximum Gasteiger partial charge on any atom is 0.323 e. The van der Waals surface area contributed by atoms with E-state index in [2.05, 4.69) is 10.6 Å². The molecule has 0 aromatic heterocycles. The molecule has 3 rings (SSSR count). The van der Waals surface area contributed by atoms with Crippen LogP contribution in [0.15, 0.2) is 84.9 Å². The monoisotopic (exact) mass is 372 g/mol. The molecule has 0 aliphatic rings. The molecule has 140 valence electrons. The summed E-state index contributed by atoms with van der Waals surface area (Å²) in [5.41, 5.74) is 2.75. The zero-order chi connectivity index (χ0) is 19.8. The van der Waals surface area contributed by atoms with Crippen molar-refractivity contribution in [2.24, 2.45) is 0 Å². The molecule has 0 fully saturated rings. The predicted octanol–water partition coefficient (Wildman–Crippen LogP) is 5.24. The summed E-state index contributed by atoms with van der Waals surface area (Å²) in [4.78, 5) is 24.3. The van der Waals surface area contributed by atoms with Gasteiger partial charge in [-0.2, -0.15) is 0 Å². The van der Waals surface area contributed by atoms with E-state index in [-0.39, 0.29) is 11.8 Å². The average molecular weight is 372 g/mol. The molecule has 0 saturated heterocycles. The van der Waals surface area contributed by atoms with Crippen molar-refractivity contribution in [1.82, 2.24) is 0 Å². The number of ether oxygens (including phenoxy) is 1. The van der Waals surface area contributed by atoms with E-state index < -0.39 is 0 Å². The third-order valence-corrected chi connectivity index (χ3v) is 4.00. The number of para-hydroxylation sites is 1. The van der Waals surface area contributed by atoms with Crippen LogP contribution in [0.1, 0.15) is 15.9 Å². The second kappa shape index (κ2) is 9.19. The van der Waals surface area contributed by atoms with Crippen LogP contribution < -0.4 is 15.4 Å². The number of carbonyl (C=O) groups excluding carboxylic acids is 2. The predicted molar refractivity (Wildman–Crippen MR) is 112 cm³/mol. The summed E-state index contributed by atoms with van der Waals surface area (Å²) in [6, 6.07) is 23.0. The molecule has 0 atom stereocenters. The fraction of sp³-hybridized carbons (Fsp3) is 0.0435. The molecule has 0 bridgehead atoms. The molecular formula is C23H20N2O3. The van der Waals surface area contributed by atoms with Gasteiger partial charge >= 0.3 is 6.03 Å². The highest BCUT2D eigenvalue weighted by atomic mass is 16.5. The van der Waals surface area contributed by atoms with Gasteiger partial charge in [-0.15, -0.1) is 0 Å². The molecular weight excluding hydrogens is 352 g/mol. The first kappa shape index (κ1) is 18.9. The number of hydrogen-bond acceptors (Lipinski definition) is 3. The molecule has 5 nitrogen and oxygen atoms in total. The molecule has 0 radical (unpaired) electrons. The van der Waals surface area contributed by atoms with Crippen LogP contribution in [0.5, 0.6) is 5.75 Å². The smallest absolute Gasteiger partial charge is 0.323 e. The highest BCUT2D eigenvalue weighted by Crippen LogP contribution is 2.14. The molecule has 3 aromatic rings. The molecule has 28 heavy (non-hydrogen) atoms. The third kappa shape index (κ3) is 5.32. The van der Waals surface area contributed by atoms with Gasteiger partial charge in [0.2, 0.25) is 0 Å². The van der Waals surface area contributed by atoms with Crippen molar-refractivity contribution in [2.45, 2.75) is 0 Å². The summed E-state index contributed by atoms with van der Waals surface area (Å²) >= 11 is 0. The van der Waals surface area contributed by atoms with Crippen molar-refractivity contribution in [3.05, 3.63) is 96.1 Å². The Balaban J connectivity index is 1.57. The number of anilines is 2. The molecule has 0 saturated carbocycles. The molecule has 2 N–H and O–H groups in total. The first-order chi connectivity index (χ1) is 13.6. The number of ketones is 1. The maximum absolute atomic E-state index is 12.3. The fourth-order valence-corrected chi connectivity index (χ4v) is 2.52. The number of rotatable bonds is 6. The zero-order valence-corrected chi connectivity index (χ0v) is 15.4. The van der Waals surface area contributed by atoms with E-state index in [1.54, 1.807) is 49.6 Å². The van der Waals surface area contributed by atoms with Gasteiger partial charge in [0.1, 0.15) is 5.75 Å². The largest absolute Gasteiger partial charge is 0.497 e. The first-order valence-electron chi connectivity index (χ1n) is 8.73. The third-order valence-electron chi connectivity index (χ3n) is 4.00. The number of benzene rings is 3. The van der Waals surface area contributed by atoms with Gasteiger partial charge in [-0.25, -0.2) is 4.79 Å². The number of hydrogen-bond donors (Lipinski definition) is 2. The Bertz CT molecular complexity index is 963. The van der Waals surface area contributed by atoms with Gasteiger partial charge in [-0.05, 0) is 60.2 Å². The van der Waals surface area contributed by atoms with Crippen molar-refractivity contribution >= 4 is 29.3 Å². The van der Waals surface area contributed by atoms with Gasteiger partial charge in [0.25, 0.3) is 0 Å². The summed E-state index contributed by atoms with van der Waals surface area (Å²) in [5, 5.41) is 5.47. The lowest BCUT2D eigenvalue weighted by Gasteiger charge is -2.07. The van der Waals surface area contributed by atoms with Gasteiger partial charge in [0.15, 0.2) is 5.78 Å². The summed E-state index contributed by atoms with van der Waals surface area (Å²) in [6.45, 7) is 0. The zero-order valence-electron chi connectivity index (χ0n) is 15.4. The van der Waals surface area contributed by atoms with E-state index in [1.807, 2.05) is 42.5 Å². The van der Waals surface area contributed by atoms with Crippen LogP contribution in [0.4, 0.5) is 16.2 Å². The molecule has 0 unspecified atom stereocenters. The highest BCUT2D eigenvalue weighted by Gasteiger charge is 2.05. The van der Waals surface area contributed by atoms with Crippen LogP contribution >= 0.6 is 0 Å². The van der Waals surface area contributed by atoms with Crippen LogP contribution in [0, 0.1) is 0 Å². The SMILES string of the molecule is COc1ccc(/C=C/C(=O)c2ccc(NC(=O)Nc3ccccc3)cc2)cc1. The Labute approximate surface area is 163 Å². The lowest BCUT2D eigenvalue weighted by Crippen LogP contribution is -2.19. The van der Waals surface area contributed by atoms with Gasteiger partial charge in [-0.3, -0.25) is 4.79 Å². The quantitative estimate of drug-likeness (QED) is 0.459. The Morgan fingerprint density at radius 2 is 1.39 bits per heavy atom. The molecule has 0 spiro atoms. The number of allylic oxidation sites excluding steroid dienone is 1.